The van der Waals surface area contributed by atoms with Crippen molar-refractivity contribution < 1.29 is 0 Å². The summed E-state index contributed by atoms with van der Waals surface area (Å²) in [6.07, 6.45) is 6.09. The van der Waals surface area contributed by atoms with E-state index < -0.39 is 0 Å². The monoisotopic (exact) mass is 253 g/mol. The molecular weight excluding hydrogens is 234 g/mol. The van der Waals surface area contributed by atoms with Crippen LogP contribution >= 0.6 is 11.6 Å². The Morgan fingerprint density at radius 2 is 2.47 bits per heavy atom. The molecule has 1 fully saturated rings. The summed E-state index contributed by atoms with van der Waals surface area (Å²) in [6, 6.07) is 2.65. The first kappa shape index (κ1) is 12.8. The maximum Gasteiger partial charge on any atom is 0.0634 e. The molecule has 1 aliphatic rings. The number of hydrogen-bond donors (Lipinski definition) is 1. The molecule has 0 aliphatic carbocycles. The molecule has 0 amide bonds. The van der Waals surface area contributed by atoms with Crippen molar-refractivity contribution in [2.24, 2.45) is 0 Å². The van der Waals surface area contributed by atoms with Crippen molar-refractivity contribution in [3.05, 3.63) is 29.0 Å². The molecule has 2 heterocycles. The fourth-order valence-electron chi connectivity index (χ4n) is 2.40. The fraction of sp³-hybridized carbons (Fsp3) is 0.615. The van der Waals surface area contributed by atoms with Crippen LogP contribution in [0.3, 0.4) is 0 Å². The van der Waals surface area contributed by atoms with Gasteiger partial charge in [-0.2, -0.15) is 0 Å². The topological polar surface area (TPSA) is 28.2 Å². The molecular formula is C13H20ClN3. The van der Waals surface area contributed by atoms with Gasteiger partial charge in [0, 0.05) is 31.5 Å². The van der Waals surface area contributed by atoms with Crippen molar-refractivity contribution >= 4 is 11.6 Å². The van der Waals surface area contributed by atoms with Crippen LogP contribution < -0.4 is 5.32 Å². The first-order valence-corrected chi connectivity index (χ1v) is 6.72. The highest BCUT2D eigenvalue weighted by molar-refractivity contribution is 6.31. The molecule has 0 saturated carbocycles. The molecule has 1 aliphatic heterocycles. The molecule has 1 unspecified atom stereocenters. The molecule has 3 nitrogen and oxygen atoms in total. The second-order valence-corrected chi connectivity index (χ2v) is 4.94. The van der Waals surface area contributed by atoms with Crippen LogP contribution in [0, 0.1) is 0 Å². The van der Waals surface area contributed by atoms with E-state index in [4.69, 9.17) is 11.6 Å². The van der Waals surface area contributed by atoms with Crippen molar-refractivity contribution in [3.63, 3.8) is 0 Å². The minimum absolute atomic E-state index is 0.637. The zero-order chi connectivity index (χ0) is 12.1. The average Bonchev–Trinajstić information content (AvgIpc) is 2.39. The zero-order valence-electron chi connectivity index (χ0n) is 10.3. The number of piperidine rings is 1. The molecule has 0 aromatic carbocycles. The quantitative estimate of drug-likeness (QED) is 0.893. The molecule has 1 aromatic heterocycles. The number of likely N-dealkylation sites (N-methyl/N-ethyl adjacent to an activating group) is 1. The Morgan fingerprint density at radius 3 is 3.12 bits per heavy atom. The van der Waals surface area contributed by atoms with Crippen molar-refractivity contribution in [1.29, 1.82) is 0 Å². The Balaban J connectivity index is 2.01. The lowest BCUT2D eigenvalue weighted by Crippen LogP contribution is -2.45. The largest absolute Gasteiger partial charge is 0.315 e. The van der Waals surface area contributed by atoms with Gasteiger partial charge in [-0.25, -0.2) is 0 Å². The predicted octanol–water partition coefficient (Wildman–Crippen LogP) is 2.31. The van der Waals surface area contributed by atoms with E-state index in [0.29, 0.717) is 6.04 Å². The van der Waals surface area contributed by atoms with Gasteiger partial charge in [0.2, 0.25) is 0 Å². The smallest absolute Gasteiger partial charge is 0.0634 e. The lowest BCUT2D eigenvalue weighted by atomic mass is 10.1. The van der Waals surface area contributed by atoms with Crippen molar-refractivity contribution in [2.45, 2.75) is 32.4 Å². The summed E-state index contributed by atoms with van der Waals surface area (Å²) in [5.74, 6) is 0. The number of halogens is 1. The van der Waals surface area contributed by atoms with E-state index in [-0.39, 0.29) is 0 Å². The maximum absolute atomic E-state index is 6.16. The number of nitrogens with zero attached hydrogens (tertiary/aromatic N) is 2. The summed E-state index contributed by atoms with van der Waals surface area (Å²) in [7, 11) is 0. The van der Waals surface area contributed by atoms with Gasteiger partial charge in [-0.3, -0.25) is 9.88 Å². The van der Waals surface area contributed by atoms with E-state index in [1.165, 1.54) is 18.4 Å². The van der Waals surface area contributed by atoms with Gasteiger partial charge in [0.15, 0.2) is 0 Å². The van der Waals surface area contributed by atoms with E-state index in [1.807, 2.05) is 12.3 Å². The highest BCUT2D eigenvalue weighted by Gasteiger charge is 2.20. The first-order valence-electron chi connectivity index (χ1n) is 6.34. The standard InChI is InChI=1S/C13H20ClN3/c1-2-17(12-4-3-6-15-8-12)10-11-5-7-16-9-13(11)14/h5,7,9,12,15H,2-4,6,8,10H2,1H3. The Morgan fingerprint density at radius 1 is 1.59 bits per heavy atom. The third-order valence-corrected chi connectivity index (χ3v) is 3.76. The first-order chi connectivity index (χ1) is 8.31. The minimum Gasteiger partial charge on any atom is -0.315 e. The van der Waals surface area contributed by atoms with Crippen LogP contribution in [0.15, 0.2) is 18.5 Å². The van der Waals surface area contributed by atoms with Gasteiger partial charge >= 0.3 is 0 Å². The molecule has 0 spiro atoms. The lowest BCUT2D eigenvalue weighted by Gasteiger charge is -2.34. The molecule has 94 valence electrons. The second kappa shape index (κ2) is 6.34. The number of pyridine rings is 1. The van der Waals surface area contributed by atoms with Gasteiger partial charge in [-0.05, 0) is 37.6 Å². The van der Waals surface area contributed by atoms with Crippen LogP contribution in [-0.4, -0.2) is 35.6 Å². The second-order valence-electron chi connectivity index (χ2n) is 4.53. The lowest BCUT2D eigenvalue weighted by molar-refractivity contribution is 0.166. The van der Waals surface area contributed by atoms with Gasteiger partial charge in [-0.1, -0.05) is 18.5 Å². The Bertz CT molecular complexity index is 350. The van der Waals surface area contributed by atoms with Crippen LogP contribution in [0.1, 0.15) is 25.3 Å². The van der Waals surface area contributed by atoms with E-state index >= 15 is 0 Å². The minimum atomic E-state index is 0.637. The molecule has 0 bridgehead atoms. The zero-order valence-corrected chi connectivity index (χ0v) is 11.1. The summed E-state index contributed by atoms with van der Waals surface area (Å²) in [5.41, 5.74) is 1.18. The maximum atomic E-state index is 6.16. The molecule has 2 rings (SSSR count). The third kappa shape index (κ3) is 3.41. The summed E-state index contributed by atoms with van der Waals surface area (Å²) in [6.45, 7) is 6.44. The number of nitrogens with one attached hydrogen (secondary N) is 1. The van der Waals surface area contributed by atoms with Crippen LogP contribution in [-0.2, 0) is 6.54 Å². The van der Waals surface area contributed by atoms with Crippen LogP contribution in [0.5, 0.6) is 0 Å². The van der Waals surface area contributed by atoms with E-state index in [0.717, 1.165) is 31.2 Å². The molecule has 1 aromatic rings. The Labute approximate surface area is 108 Å². The molecule has 0 radical (unpaired) electrons. The SMILES string of the molecule is CCN(Cc1ccncc1Cl)C1CCCNC1. The molecule has 1 N–H and O–H groups in total. The van der Waals surface area contributed by atoms with Gasteiger partial charge < -0.3 is 5.32 Å². The summed E-state index contributed by atoms with van der Waals surface area (Å²) >= 11 is 6.16. The molecule has 1 atom stereocenters. The highest BCUT2D eigenvalue weighted by Crippen LogP contribution is 2.19. The fourth-order valence-corrected chi connectivity index (χ4v) is 2.57. The molecule has 17 heavy (non-hydrogen) atoms. The van der Waals surface area contributed by atoms with E-state index in [9.17, 15) is 0 Å². The Hall–Kier alpha value is -0.640. The van der Waals surface area contributed by atoms with Crippen LogP contribution in [0.25, 0.3) is 0 Å². The third-order valence-electron chi connectivity index (χ3n) is 3.42. The summed E-state index contributed by atoms with van der Waals surface area (Å²) in [4.78, 5) is 6.52. The van der Waals surface area contributed by atoms with Crippen LogP contribution in [0.2, 0.25) is 5.02 Å². The van der Waals surface area contributed by atoms with Crippen molar-refractivity contribution in [2.75, 3.05) is 19.6 Å². The Kier molecular flexibility index (Phi) is 4.77. The number of hydrogen-bond acceptors (Lipinski definition) is 3. The number of aromatic nitrogens is 1. The number of rotatable bonds is 4. The van der Waals surface area contributed by atoms with Gasteiger partial charge in [0.1, 0.15) is 0 Å². The predicted molar refractivity (Wildman–Crippen MR) is 71.2 cm³/mol. The average molecular weight is 254 g/mol. The summed E-state index contributed by atoms with van der Waals surface area (Å²) < 4.78 is 0. The van der Waals surface area contributed by atoms with E-state index in [1.54, 1.807) is 6.20 Å². The van der Waals surface area contributed by atoms with Gasteiger partial charge in [0.05, 0.1) is 5.02 Å². The van der Waals surface area contributed by atoms with Crippen molar-refractivity contribution in [1.82, 2.24) is 15.2 Å². The van der Waals surface area contributed by atoms with Crippen molar-refractivity contribution in [3.8, 4) is 0 Å². The summed E-state index contributed by atoms with van der Waals surface area (Å²) in [5, 5.41) is 4.24. The van der Waals surface area contributed by atoms with E-state index in [2.05, 4.69) is 22.1 Å². The van der Waals surface area contributed by atoms with Gasteiger partial charge in [-0.15, -0.1) is 0 Å². The highest BCUT2D eigenvalue weighted by atomic mass is 35.5. The van der Waals surface area contributed by atoms with Crippen LogP contribution in [0.4, 0.5) is 0 Å². The molecule has 1 saturated heterocycles. The van der Waals surface area contributed by atoms with Gasteiger partial charge in [0.25, 0.3) is 0 Å². The molecule has 4 heteroatoms. The normalized spacial score (nSPS) is 20.8.